The van der Waals surface area contributed by atoms with E-state index in [4.69, 9.17) is 21.1 Å². The predicted molar refractivity (Wildman–Crippen MR) is 129 cm³/mol. The van der Waals surface area contributed by atoms with Gasteiger partial charge >= 0.3 is 0 Å². The summed E-state index contributed by atoms with van der Waals surface area (Å²) in [5.74, 6) is 0.242. The number of anilines is 3. The van der Waals surface area contributed by atoms with Crippen molar-refractivity contribution in [2.45, 2.75) is 13.0 Å². The van der Waals surface area contributed by atoms with Gasteiger partial charge in [-0.15, -0.1) is 11.3 Å². The Bertz CT molecular complexity index is 1330. The van der Waals surface area contributed by atoms with Gasteiger partial charge in [-0.25, -0.2) is 4.98 Å². The number of benzene rings is 2. The van der Waals surface area contributed by atoms with E-state index in [2.05, 4.69) is 10.3 Å². The molecule has 0 spiro atoms. The lowest BCUT2D eigenvalue weighted by Gasteiger charge is -2.30. The van der Waals surface area contributed by atoms with Crippen LogP contribution in [-0.4, -0.2) is 49.0 Å². The zero-order valence-electron chi connectivity index (χ0n) is 18.2. The van der Waals surface area contributed by atoms with E-state index < -0.39 is 12.0 Å². The molecule has 0 bridgehead atoms. The van der Waals surface area contributed by atoms with Crippen molar-refractivity contribution in [3.05, 3.63) is 46.8 Å². The molecular weight excluding hydrogens is 480 g/mol. The molecule has 3 amide bonds. The third kappa shape index (κ3) is 4.06. The number of ether oxygens (including phenoxy) is 2. The zero-order chi connectivity index (χ0) is 24.0. The van der Waals surface area contributed by atoms with Gasteiger partial charge in [0.2, 0.25) is 5.91 Å². The second-order valence-electron chi connectivity index (χ2n) is 7.81. The summed E-state index contributed by atoms with van der Waals surface area (Å²) in [6.07, 6.45) is -0.536. The standard InChI is InChI=1S/C23H19ClN4O5S/c1-12-22(31)27(2)16-7-13(3-5-19(16)33-12)15-11-34-23(25-15)26-20(29)9-28-17-8-14(24)4-6-18(17)32-10-21(28)30/h3-8,11-12H,9-10H2,1-2H3,(H,25,26,29). The molecule has 2 aliphatic rings. The van der Waals surface area contributed by atoms with E-state index in [1.807, 2.05) is 12.1 Å². The number of fused-ring (bicyclic) bond motifs is 2. The van der Waals surface area contributed by atoms with Gasteiger partial charge < -0.3 is 19.7 Å². The average molecular weight is 499 g/mol. The van der Waals surface area contributed by atoms with Gasteiger partial charge in [0.1, 0.15) is 18.0 Å². The highest BCUT2D eigenvalue weighted by Gasteiger charge is 2.30. The van der Waals surface area contributed by atoms with E-state index in [9.17, 15) is 14.4 Å². The first-order valence-electron chi connectivity index (χ1n) is 10.4. The Labute approximate surface area is 203 Å². The highest BCUT2D eigenvalue weighted by atomic mass is 35.5. The summed E-state index contributed by atoms with van der Waals surface area (Å²) in [5, 5.41) is 5.37. The van der Waals surface area contributed by atoms with Gasteiger partial charge in [-0.05, 0) is 43.3 Å². The van der Waals surface area contributed by atoms with Crippen LogP contribution in [0, 0.1) is 0 Å². The van der Waals surface area contributed by atoms with Crippen LogP contribution in [0.5, 0.6) is 11.5 Å². The molecule has 34 heavy (non-hydrogen) atoms. The number of halogens is 1. The van der Waals surface area contributed by atoms with Crippen LogP contribution in [0.1, 0.15) is 6.92 Å². The molecule has 1 unspecified atom stereocenters. The molecule has 3 aromatic rings. The van der Waals surface area contributed by atoms with E-state index in [1.165, 1.54) is 16.2 Å². The van der Waals surface area contributed by atoms with E-state index >= 15 is 0 Å². The lowest BCUT2D eigenvalue weighted by molar-refractivity contribution is -0.125. The Kier molecular flexibility index (Phi) is 5.62. The molecule has 0 fully saturated rings. The Hall–Kier alpha value is -3.63. The number of amides is 3. The minimum atomic E-state index is -0.536. The number of hydrogen-bond acceptors (Lipinski definition) is 7. The fourth-order valence-electron chi connectivity index (χ4n) is 3.79. The summed E-state index contributed by atoms with van der Waals surface area (Å²) in [6, 6.07) is 10.4. The molecule has 3 heterocycles. The molecule has 174 valence electrons. The molecule has 0 radical (unpaired) electrons. The average Bonchev–Trinajstić information content (AvgIpc) is 3.28. The Morgan fingerprint density at radius 1 is 1.21 bits per heavy atom. The van der Waals surface area contributed by atoms with E-state index in [0.29, 0.717) is 38.7 Å². The highest BCUT2D eigenvalue weighted by molar-refractivity contribution is 7.14. The maximum absolute atomic E-state index is 12.7. The first-order valence-corrected chi connectivity index (χ1v) is 11.6. The normalized spacial score (nSPS) is 17.0. The largest absolute Gasteiger partial charge is 0.482 e. The lowest BCUT2D eigenvalue weighted by Crippen LogP contribution is -2.43. The van der Waals surface area contributed by atoms with Crippen LogP contribution in [0.3, 0.4) is 0 Å². The van der Waals surface area contributed by atoms with Gasteiger partial charge in [0.05, 0.1) is 17.1 Å². The number of thiazole rings is 1. The number of rotatable bonds is 4. The minimum Gasteiger partial charge on any atom is -0.482 e. The number of nitrogens with one attached hydrogen (secondary N) is 1. The van der Waals surface area contributed by atoms with Gasteiger partial charge in [0.15, 0.2) is 17.8 Å². The van der Waals surface area contributed by atoms with Crippen molar-refractivity contribution in [1.29, 1.82) is 0 Å². The van der Waals surface area contributed by atoms with Crippen LogP contribution in [0.15, 0.2) is 41.8 Å². The predicted octanol–water partition coefficient (Wildman–Crippen LogP) is 3.57. The number of carbonyl (C=O) groups is 3. The third-order valence-corrected chi connectivity index (χ3v) is 6.51. The molecule has 1 aromatic heterocycles. The Morgan fingerprint density at radius 2 is 2.00 bits per heavy atom. The smallest absolute Gasteiger partial charge is 0.267 e. The monoisotopic (exact) mass is 498 g/mol. The summed E-state index contributed by atoms with van der Waals surface area (Å²) in [5.41, 5.74) is 2.52. The molecule has 9 nitrogen and oxygen atoms in total. The van der Waals surface area contributed by atoms with Crippen LogP contribution in [0.2, 0.25) is 5.02 Å². The molecule has 1 N–H and O–H groups in total. The zero-order valence-corrected chi connectivity index (χ0v) is 19.8. The first-order chi connectivity index (χ1) is 16.3. The molecule has 5 rings (SSSR count). The van der Waals surface area contributed by atoms with Gasteiger partial charge in [0.25, 0.3) is 11.8 Å². The quantitative estimate of drug-likeness (QED) is 0.590. The number of likely N-dealkylation sites (N-methyl/N-ethyl adjacent to an activating group) is 1. The summed E-state index contributed by atoms with van der Waals surface area (Å²) >= 11 is 7.31. The molecule has 11 heteroatoms. The Morgan fingerprint density at radius 3 is 2.82 bits per heavy atom. The third-order valence-electron chi connectivity index (χ3n) is 5.51. The second kappa shape index (κ2) is 8.62. The Balaban J connectivity index is 1.31. The lowest BCUT2D eigenvalue weighted by atomic mass is 10.1. The van der Waals surface area contributed by atoms with E-state index in [-0.39, 0.29) is 25.0 Å². The van der Waals surface area contributed by atoms with Gasteiger partial charge in [0, 0.05) is 23.0 Å². The molecule has 0 aliphatic carbocycles. The number of carbonyl (C=O) groups excluding carboxylic acids is 3. The maximum Gasteiger partial charge on any atom is 0.267 e. The van der Waals surface area contributed by atoms with Crippen molar-refractivity contribution in [2.75, 3.05) is 35.3 Å². The van der Waals surface area contributed by atoms with Gasteiger partial charge in [-0.2, -0.15) is 0 Å². The van der Waals surface area contributed by atoms with Crippen molar-refractivity contribution in [2.24, 2.45) is 0 Å². The van der Waals surface area contributed by atoms with Crippen molar-refractivity contribution < 1.29 is 23.9 Å². The fraction of sp³-hybridized carbons (Fsp3) is 0.217. The minimum absolute atomic E-state index is 0.128. The molecular formula is C23H19ClN4O5S. The van der Waals surface area contributed by atoms with Crippen molar-refractivity contribution in [3.63, 3.8) is 0 Å². The summed E-state index contributed by atoms with van der Waals surface area (Å²) < 4.78 is 11.1. The first kappa shape index (κ1) is 22.2. The number of hydrogen-bond donors (Lipinski definition) is 1. The second-order valence-corrected chi connectivity index (χ2v) is 9.10. The van der Waals surface area contributed by atoms with Crippen LogP contribution in [0.4, 0.5) is 16.5 Å². The highest BCUT2D eigenvalue weighted by Crippen LogP contribution is 2.38. The molecule has 2 aromatic carbocycles. The fourth-order valence-corrected chi connectivity index (χ4v) is 4.69. The summed E-state index contributed by atoms with van der Waals surface area (Å²) in [4.78, 5) is 44.7. The van der Waals surface area contributed by atoms with Gasteiger partial charge in [-0.3, -0.25) is 19.3 Å². The summed E-state index contributed by atoms with van der Waals surface area (Å²) in [7, 11) is 1.70. The van der Waals surface area contributed by atoms with Crippen molar-refractivity contribution in [3.8, 4) is 22.8 Å². The number of aromatic nitrogens is 1. The molecule has 2 aliphatic heterocycles. The van der Waals surface area contributed by atoms with Gasteiger partial charge in [-0.1, -0.05) is 11.6 Å². The van der Waals surface area contributed by atoms with E-state index in [0.717, 1.165) is 5.56 Å². The van der Waals surface area contributed by atoms with Crippen molar-refractivity contribution in [1.82, 2.24) is 4.98 Å². The molecule has 0 saturated heterocycles. The summed E-state index contributed by atoms with van der Waals surface area (Å²) in [6.45, 7) is 1.36. The maximum atomic E-state index is 12.7. The van der Waals surface area contributed by atoms with Crippen LogP contribution < -0.4 is 24.6 Å². The van der Waals surface area contributed by atoms with Crippen LogP contribution in [-0.2, 0) is 14.4 Å². The molecule has 1 atom stereocenters. The molecule has 0 saturated carbocycles. The van der Waals surface area contributed by atoms with E-state index in [1.54, 1.807) is 48.5 Å². The SMILES string of the molecule is CC1Oc2ccc(-c3csc(NC(=O)CN4C(=O)COc5ccc(Cl)cc54)n3)cc2N(C)C1=O. The topological polar surface area (TPSA) is 101 Å². The van der Waals surface area contributed by atoms with Crippen LogP contribution >= 0.6 is 22.9 Å². The van der Waals surface area contributed by atoms with Crippen LogP contribution in [0.25, 0.3) is 11.3 Å². The van der Waals surface area contributed by atoms with Crippen molar-refractivity contribution >= 4 is 57.2 Å². The number of nitrogens with zero attached hydrogens (tertiary/aromatic N) is 3.